The average molecular weight is 709 g/mol. The van der Waals surface area contributed by atoms with Gasteiger partial charge in [-0.2, -0.15) is 13.2 Å². The molecule has 1 saturated carbocycles. The fourth-order valence-electron chi connectivity index (χ4n) is 4.51. The third-order valence-electron chi connectivity index (χ3n) is 6.71. The van der Waals surface area contributed by atoms with Crippen molar-refractivity contribution in [1.29, 1.82) is 5.41 Å². The van der Waals surface area contributed by atoms with E-state index in [1.165, 1.54) is 17.1 Å². The number of alkyl halides is 3. The smallest absolute Gasteiger partial charge is 0.434 e. The van der Waals surface area contributed by atoms with E-state index in [0.717, 1.165) is 30.3 Å². The van der Waals surface area contributed by atoms with Crippen LogP contribution in [0.1, 0.15) is 62.0 Å². The number of imidazole rings is 1. The average Bonchev–Trinajstić information content (AvgIpc) is 3.73. The first kappa shape index (κ1) is 32.1. The molecule has 0 spiro atoms. The number of anilines is 1. The molecule has 1 aromatic carbocycles. The van der Waals surface area contributed by atoms with Gasteiger partial charge in [0.05, 0.1) is 24.5 Å². The van der Waals surface area contributed by atoms with E-state index in [9.17, 15) is 13.2 Å². The number of benzene rings is 1. The number of aryl methyl sites for hydroxylation is 1. The topological polar surface area (TPSA) is 124 Å². The Morgan fingerprint density at radius 2 is 1.79 bits per heavy atom. The molecule has 1 aliphatic rings. The number of rotatable bonds is 11. The van der Waals surface area contributed by atoms with Crippen LogP contribution in [0.4, 0.5) is 19.0 Å². The highest BCUT2D eigenvalue weighted by atomic mass is 127. The van der Waals surface area contributed by atoms with Gasteiger partial charge >= 0.3 is 6.18 Å². The number of aromatic nitrogens is 6. The molecule has 0 radical (unpaired) electrons. The van der Waals surface area contributed by atoms with Gasteiger partial charge in [-0.05, 0) is 39.2 Å². The Hall–Kier alpha value is -3.82. The lowest BCUT2D eigenvalue weighted by atomic mass is 10.1. The molecule has 0 saturated heterocycles. The van der Waals surface area contributed by atoms with Gasteiger partial charge in [0.15, 0.2) is 11.5 Å². The van der Waals surface area contributed by atoms with Gasteiger partial charge in [0, 0.05) is 37.0 Å². The largest absolute Gasteiger partial charge is 0.478 e. The van der Waals surface area contributed by atoms with Crippen molar-refractivity contribution in [3.8, 4) is 28.7 Å². The van der Waals surface area contributed by atoms with Crippen molar-refractivity contribution in [3.63, 3.8) is 0 Å². The van der Waals surface area contributed by atoms with Crippen LogP contribution in [0.5, 0.6) is 5.88 Å². The first-order chi connectivity index (χ1) is 20.2. The number of hydrogen-bond acceptors (Lipinski definition) is 9. The standard InChI is InChI=1S/C29H31F3N8O2.HI/c1-4-40-15-21(29(30,31)32)38-27(40)19-9-7-17(8-10-19)13-34-25-20(24(33)41-5-2)14-35-26(39-25)22-23(18-11-12-18)36-16-37-28(22)42-6-3;/h7-10,14-16,18,33H,4-6,11-13H2,1-3H3,(H,34,35,39);1H. The van der Waals surface area contributed by atoms with Gasteiger partial charge in [-0.15, -0.1) is 24.0 Å². The minimum absolute atomic E-state index is 0. The maximum absolute atomic E-state index is 13.2. The van der Waals surface area contributed by atoms with Crippen molar-refractivity contribution in [2.45, 2.75) is 58.8 Å². The molecule has 1 aliphatic carbocycles. The minimum Gasteiger partial charge on any atom is -0.478 e. The summed E-state index contributed by atoms with van der Waals surface area (Å²) in [5.41, 5.74) is 2.34. The summed E-state index contributed by atoms with van der Waals surface area (Å²) in [7, 11) is 0. The van der Waals surface area contributed by atoms with E-state index in [2.05, 4.69) is 25.3 Å². The van der Waals surface area contributed by atoms with E-state index in [1.54, 1.807) is 26.0 Å². The molecule has 0 unspecified atom stereocenters. The number of nitrogens with one attached hydrogen (secondary N) is 2. The summed E-state index contributed by atoms with van der Waals surface area (Å²) in [6.45, 7) is 6.82. The summed E-state index contributed by atoms with van der Waals surface area (Å²) in [6.07, 6.45) is 1.56. The van der Waals surface area contributed by atoms with Gasteiger partial charge < -0.3 is 19.4 Å². The normalized spacial score (nSPS) is 12.9. The first-order valence-electron chi connectivity index (χ1n) is 13.8. The van der Waals surface area contributed by atoms with E-state index < -0.39 is 11.9 Å². The molecule has 5 rings (SSSR count). The first-order valence-corrected chi connectivity index (χ1v) is 13.8. The zero-order valence-electron chi connectivity index (χ0n) is 23.9. The third kappa shape index (κ3) is 7.22. The fourth-order valence-corrected chi connectivity index (χ4v) is 4.51. The zero-order chi connectivity index (χ0) is 29.9. The quantitative estimate of drug-likeness (QED) is 0.100. The van der Waals surface area contributed by atoms with E-state index in [1.807, 2.05) is 19.1 Å². The predicted octanol–water partition coefficient (Wildman–Crippen LogP) is 6.70. The molecular weight excluding hydrogens is 676 g/mol. The summed E-state index contributed by atoms with van der Waals surface area (Å²) in [6, 6.07) is 7.09. The van der Waals surface area contributed by atoms with Crippen LogP contribution in [0.2, 0.25) is 0 Å². The molecule has 1 fully saturated rings. The Bertz CT molecular complexity index is 1570. The molecule has 3 heterocycles. The summed E-state index contributed by atoms with van der Waals surface area (Å²) >= 11 is 0. The Balaban J connectivity index is 0.00000423. The van der Waals surface area contributed by atoms with Crippen molar-refractivity contribution in [2.75, 3.05) is 18.5 Å². The van der Waals surface area contributed by atoms with Crippen molar-refractivity contribution >= 4 is 35.7 Å². The Labute approximate surface area is 264 Å². The monoisotopic (exact) mass is 708 g/mol. The highest BCUT2D eigenvalue weighted by Crippen LogP contribution is 2.45. The molecular formula is C29H32F3IN8O2. The SMILES string of the molecule is CCOC(=N)c1cnc(-c2c(OCC)ncnc2C2CC2)nc1NCc1ccc(-c2nc(C(F)(F)F)cn2CC)cc1.I. The van der Waals surface area contributed by atoms with Gasteiger partial charge in [-0.25, -0.2) is 24.9 Å². The number of nitrogens with zero attached hydrogens (tertiary/aromatic N) is 6. The van der Waals surface area contributed by atoms with Crippen LogP contribution in [0.3, 0.4) is 0 Å². The van der Waals surface area contributed by atoms with Crippen LogP contribution < -0.4 is 10.1 Å². The molecule has 3 aromatic heterocycles. The minimum atomic E-state index is -4.52. The number of ether oxygens (including phenoxy) is 2. The number of hydrogen-bond donors (Lipinski definition) is 2. The second kappa shape index (κ2) is 13.7. The summed E-state index contributed by atoms with van der Waals surface area (Å²) in [4.78, 5) is 22.0. The van der Waals surface area contributed by atoms with Crippen molar-refractivity contribution in [3.05, 3.63) is 65.5 Å². The van der Waals surface area contributed by atoms with Crippen LogP contribution in [0.15, 0.2) is 43.0 Å². The molecule has 0 bridgehead atoms. The van der Waals surface area contributed by atoms with Gasteiger partial charge in [0.2, 0.25) is 11.8 Å². The third-order valence-corrected chi connectivity index (χ3v) is 6.71. The summed E-state index contributed by atoms with van der Waals surface area (Å²) in [5.74, 6) is 1.62. The highest BCUT2D eigenvalue weighted by Gasteiger charge is 2.35. The molecule has 0 atom stereocenters. The second-order valence-corrected chi connectivity index (χ2v) is 9.65. The van der Waals surface area contributed by atoms with E-state index in [0.29, 0.717) is 60.5 Å². The molecule has 0 amide bonds. The van der Waals surface area contributed by atoms with E-state index >= 15 is 0 Å². The van der Waals surface area contributed by atoms with Crippen LogP contribution in [-0.2, 0) is 24.0 Å². The molecule has 10 nitrogen and oxygen atoms in total. The number of halogens is 4. The Kier molecular flexibility index (Phi) is 10.2. The summed E-state index contributed by atoms with van der Waals surface area (Å²) in [5, 5.41) is 11.7. The van der Waals surface area contributed by atoms with Crippen molar-refractivity contribution in [2.24, 2.45) is 0 Å². The van der Waals surface area contributed by atoms with Crippen LogP contribution in [0, 0.1) is 5.41 Å². The van der Waals surface area contributed by atoms with Gasteiger partial charge in [0.1, 0.15) is 23.5 Å². The van der Waals surface area contributed by atoms with Crippen LogP contribution >= 0.6 is 24.0 Å². The van der Waals surface area contributed by atoms with Gasteiger partial charge in [-0.3, -0.25) is 5.41 Å². The van der Waals surface area contributed by atoms with Gasteiger partial charge in [0.25, 0.3) is 0 Å². The van der Waals surface area contributed by atoms with Crippen molar-refractivity contribution in [1.82, 2.24) is 29.5 Å². The molecule has 0 aliphatic heterocycles. The van der Waals surface area contributed by atoms with E-state index in [4.69, 9.17) is 19.9 Å². The van der Waals surface area contributed by atoms with Crippen LogP contribution in [0.25, 0.3) is 22.8 Å². The van der Waals surface area contributed by atoms with Crippen LogP contribution in [-0.4, -0.2) is 48.6 Å². The van der Waals surface area contributed by atoms with Crippen molar-refractivity contribution < 1.29 is 22.6 Å². The maximum atomic E-state index is 13.2. The lowest BCUT2D eigenvalue weighted by Crippen LogP contribution is -2.13. The maximum Gasteiger partial charge on any atom is 0.434 e. The van der Waals surface area contributed by atoms with Gasteiger partial charge in [-0.1, -0.05) is 24.3 Å². The lowest BCUT2D eigenvalue weighted by Gasteiger charge is -2.16. The predicted molar refractivity (Wildman–Crippen MR) is 166 cm³/mol. The molecule has 228 valence electrons. The second-order valence-electron chi connectivity index (χ2n) is 9.65. The Morgan fingerprint density at radius 1 is 1.05 bits per heavy atom. The van der Waals surface area contributed by atoms with E-state index in [-0.39, 0.29) is 41.6 Å². The molecule has 14 heteroatoms. The fraction of sp³-hybridized carbons (Fsp3) is 0.379. The Morgan fingerprint density at radius 3 is 2.42 bits per heavy atom. The molecule has 43 heavy (non-hydrogen) atoms. The molecule has 2 N–H and O–H groups in total. The summed E-state index contributed by atoms with van der Waals surface area (Å²) < 4.78 is 52.4. The highest BCUT2D eigenvalue weighted by molar-refractivity contribution is 14.0. The molecule has 4 aromatic rings. The zero-order valence-corrected chi connectivity index (χ0v) is 26.2. The lowest BCUT2D eigenvalue weighted by molar-refractivity contribution is -0.140.